The summed E-state index contributed by atoms with van der Waals surface area (Å²) in [6.45, 7) is 1.04. The van der Waals surface area contributed by atoms with E-state index < -0.39 is 34.9 Å². The molecule has 2 saturated heterocycles. The number of benzene rings is 1. The lowest BCUT2D eigenvalue weighted by Crippen LogP contribution is -2.52. The van der Waals surface area contributed by atoms with E-state index in [0.717, 1.165) is 12.7 Å². The minimum absolute atomic E-state index is 0.164. The highest BCUT2D eigenvalue weighted by Crippen LogP contribution is 2.41. The molecule has 36 heavy (non-hydrogen) atoms. The summed E-state index contributed by atoms with van der Waals surface area (Å²) in [4.78, 5) is 27.2. The van der Waals surface area contributed by atoms with E-state index in [9.17, 15) is 26.8 Å². The molecule has 0 N–H and O–H groups in total. The Morgan fingerprint density at radius 1 is 1.11 bits per heavy atom. The van der Waals surface area contributed by atoms with Gasteiger partial charge in [-0.1, -0.05) is 6.92 Å². The lowest BCUT2D eigenvalue weighted by molar-refractivity contribution is -0.0450. The molecule has 8 nitrogen and oxygen atoms in total. The van der Waals surface area contributed by atoms with Crippen molar-refractivity contribution in [2.24, 2.45) is 5.92 Å². The van der Waals surface area contributed by atoms with Crippen LogP contribution in [0.15, 0.2) is 52.3 Å². The predicted octanol–water partition coefficient (Wildman–Crippen LogP) is 3.70. The number of halogens is 2. The van der Waals surface area contributed by atoms with Gasteiger partial charge in [0.25, 0.3) is 5.56 Å². The first-order valence-electron chi connectivity index (χ1n) is 11.8. The minimum atomic E-state index is -3.34. The highest BCUT2D eigenvalue weighted by Gasteiger charge is 2.49. The molecule has 3 heterocycles. The molecular formula is C25H30F2N2O6S. The molecule has 0 radical (unpaired) electrons. The summed E-state index contributed by atoms with van der Waals surface area (Å²) in [6, 6.07) is 8.65. The van der Waals surface area contributed by atoms with Crippen LogP contribution in [0.25, 0.3) is 5.69 Å². The topological polar surface area (TPSA) is 94.9 Å². The minimum Gasteiger partial charge on any atom is -0.490 e. The van der Waals surface area contributed by atoms with Gasteiger partial charge in [0.2, 0.25) is 0 Å². The van der Waals surface area contributed by atoms with E-state index in [1.54, 1.807) is 29.3 Å². The van der Waals surface area contributed by atoms with Crippen molar-refractivity contribution in [3.05, 3.63) is 52.9 Å². The third kappa shape index (κ3) is 5.25. The van der Waals surface area contributed by atoms with Crippen LogP contribution in [0.4, 0.5) is 13.6 Å². The Kier molecular flexibility index (Phi) is 7.14. The van der Waals surface area contributed by atoms with Crippen LogP contribution in [0.3, 0.4) is 0 Å². The summed E-state index contributed by atoms with van der Waals surface area (Å²) < 4.78 is 62.3. The van der Waals surface area contributed by atoms with Crippen LogP contribution in [-0.2, 0) is 14.6 Å². The summed E-state index contributed by atoms with van der Waals surface area (Å²) in [5.41, 5.74) is -1.61. The number of rotatable bonds is 7. The molecule has 4 rings (SSSR count). The first-order chi connectivity index (χ1) is 16.9. The number of pyridine rings is 1. The predicted molar refractivity (Wildman–Crippen MR) is 129 cm³/mol. The monoisotopic (exact) mass is 524 g/mol. The van der Waals surface area contributed by atoms with Crippen LogP contribution in [0.1, 0.15) is 33.1 Å². The zero-order valence-corrected chi connectivity index (χ0v) is 21.2. The van der Waals surface area contributed by atoms with E-state index in [4.69, 9.17) is 9.47 Å². The molecule has 11 heteroatoms. The van der Waals surface area contributed by atoms with E-state index in [1.807, 2.05) is 6.92 Å². The van der Waals surface area contributed by atoms with Crippen LogP contribution in [0.5, 0.6) is 5.75 Å². The summed E-state index contributed by atoms with van der Waals surface area (Å²) >= 11 is 0. The third-order valence-corrected chi connectivity index (χ3v) is 8.07. The van der Waals surface area contributed by atoms with Crippen molar-refractivity contribution < 1.29 is 31.5 Å². The molecule has 1 amide bonds. The second-order valence-corrected chi connectivity index (χ2v) is 12.0. The number of carbonyl (C=O) groups is 1. The van der Waals surface area contributed by atoms with Gasteiger partial charge >= 0.3 is 6.09 Å². The van der Waals surface area contributed by atoms with Crippen molar-refractivity contribution in [1.29, 1.82) is 0 Å². The Labute approximate surface area is 208 Å². The molecule has 2 bridgehead atoms. The summed E-state index contributed by atoms with van der Waals surface area (Å²) in [6.07, 6.45) is 3.46. The molecule has 2 fully saturated rings. The Morgan fingerprint density at radius 2 is 1.78 bits per heavy atom. The number of alkyl halides is 2. The number of sulfone groups is 1. The normalized spacial score (nSPS) is 24.0. The van der Waals surface area contributed by atoms with Crippen LogP contribution >= 0.6 is 0 Å². The van der Waals surface area contributed by atoms with E-state index in [0.29, 0.717) is 24.3 Å². The number of nitrogens with zero attached hydrogens (tertiary/aromatic N) is 2. The Hall–Kier alpha value is -2.95. The second-order valence-electron chi connectivity index (χ2n) is 9.97. The fourth-order valence-corrected chi connectivity index (χ4v) is 5.63. The standard InChI is InChI=1S/C25H30F2N2O6S/c1-16-10-18-11-20(12-22(16)29(18)24(31)35-25(2,14-26)15-27)34-19-8-9-28(23(30)13-19)17-4-6-21(7-5-17)36(3,32)33/h4-9,13,16,18,20,22H,10-12,14-15H2,1-3H3/t16-,18-,20+,22+/m1/s1. The summed E-state index contributed by atoms with van der Waals surface area (Å²) in [5.74, 6) is 0.556. The van der Waals surface area contributed by atoms with E-state index in [2.05, 4.69) is 0 Å². The summed E-state index contributed by atoms with van der Waals surface area (Å²) in [5, 5.41) is 0. The van der Waals surface area contributed by atoms with Crippen molar-refractivity contribution in [1.82, 2.24) is 9.47 Å². The van der Waals surface area contributed by atoms with Crippen LogP contribution < -0.4 is 10.3 Å². The highest BCUT2D eigenvalue weighted by molar-refractivity contribution is 7.90. The molecular weight excluding hydrogens is 494 g/mol. The largest absolute Gasteiger partial charge is 0.490 e. The summed E-state index contributed by atoms with van der Waals surface area (Å²) in [7, 11) is -3.34. The zero-order valence-electron chi connectivity index (χ0n) is 20.4. The van der Waals surface area contributed by atoms with Gasteiger partial charge in [-0.2, -0.15) is 0 Å². The number of ether oxygens (including phenoxy) is 2. The van der Waals surface area contributed by atoms with Gasteiger partial charge in [0.15, 0.2) is 15.4 Å². The molecule has 4 atom stereocenters. The molecule has 0 unspecified atom stereocenters. The smallest absolute Gasteiger partial charge is 0.411 e. The van der Waals surface area contributed by atoms with Gasteiger partial charge in [0.1, 0.15) is 25.2 Å². The van der Waals surface area contributed by atoms with E-state index >= 15 is 0 Å². The lowest BCUT2D eigenvalue weighted by Gasteiger charge is -2.40. The Balaban J connectivity index is 1.45. The number of aromatic nitrogens is 1. The lowest BCUT2D eigenvalue weighted by atomic mass is 9.97. The Morgan fingerprint density at radius 3 is 2.33 bits per heavy atom. The maximum Gasteiger partial charge on any atom is 0.411 e. The Bertz CT molecular complexity index is 1280. The van der Waals surface area contributed by atoms with Gasteiger partial charge in [0, 0.05) is 49.1 Å². The SMILES string of the molecule is C[C@@H]1C[C@@H]2C[C@H](Oc3ccn(-c4ccc(S(C)(=O)=O)cc4)c(=O)c3)C[C@@H]1N2C(=O)OC(C)(CF)CF. The molecule has 0 saturated carbocycles. The molecule has 2 aromatic rings. The van der Waals surface area contributed by atoms with Crippen molar-refractivity contribution in [2.45, 2.75) is 61.8 Å². The van der Waals surface area contributed by atoms with Gasteiger partial charge in [-0.3, -0.25) is 9.36 Å². The van der Waals surface area contributed by atoms with Crippen molar-refractivity contribution in [3.63, 3.8) is 0 Å². The maximum atomic E-state index is 13.2. The zero-order chi connectivity index (χ0) is 26.3. The maximum absolute atomic E-state index is 13.2. The number of amides is 1. The van der Waals surface area contributed by atoms with Crippen molar-refractivity contribution >= 4 is 15.9 Å². The van der Waals surface area contributed by atoms with Crippen LogP contribution in [0, 0.1) is 5.92 Å². The average Bonchev–Trinajstić information content (AvgIpc) is 3.04. The quantitative estimate of drug-likeness (QED) is 0.548. The molecule has 0 spiro atoms. The molecule has 2 aliphatic rings. The molecule has 1 aromatic carbocycles. The van der Waals surface area contributed by atoms with Crippen molar-refractivity contribution in [3.8, 4) is 11.4 Å². The van der Waals surface area contributed by atoms with E-state index in [-0.39, 0.29) is 34.6 Å². The van der Waals surface area contributed by atoms with Gasteiger partial charge in [-0.15, -0.1) is 0 Å². The molecule has 2 aliphatic heterocycles. The average molecular weight is 525 g/mol. The van der Waals surface area contributed by atoms with E-state index in [1.165, 1.54) is 29.7 Å². The molecule has 1 aromatic heterocycles. The highest BCUT2D eigenvalue weighted by atomic mass is 32.2. The van der Waals surface area contributed by atoms with Gasteiger partial charge in [0.05, 0.1) is 4.90 Å². The fourth-order valence-electron chi connectivity index (χ4n) is 5.00. The van der Waals surface area contributed by atoms with Gasteiger partial charge < -0.3 is 14.4 Å². The second kappa shape index (κ2) is 9.84. The fraction of sp³-hybridized carbons (Fsp3) is 0.520. The number of hydrogen-bond acceptors (Lipinski definition) is 6. The first kappa shape index (κ1) is 26.1. The number of piperidine rings is 1. The number of carbonyl (C=O) groups excluding carboxylic acids is 1. The third-order valence-electron chi connectivity index (χ3n) is 6.94. The van der Waals surface area contributed by atoms with Gasteiger partial charge in [-0.25, -0.2) is 22.0 Å². The molecule has 196 valence electrons. The molecule has 0 aliphatic carbocycles. The first-order valence-corrected chi connectivity index (χ1v) is 13.7. The number of fused-ring (bicyclic) bond motifs is 2. The van der Waals surface area contributed by atoms with Gasteiger partial charge in [-0.05, 0) is 49.6 Å². The number of hydrogen-bond donors (Lipinski definition) is 0. The van der Waals surface area contributed by atoms with Crippen molar-refractivity contribution in [2.75, 3.05) is 19.6 Å². The van der Waals surface area contributed by atoms with Crippen LogP contribution in [-0.4, -0.2) is 67.4 Å². The van der Waals surface area contributed by atoms with Crippen LogP contribution in [0.2, 0.25) is 0 Å².